The Morgan fingerprint density at radius 3 is 1.83 bits per heavy atom. The Bertz CT molecular complexity index is 895. The van der Waals surface area contributed by atoms with Crippen molar-refractivity contribution in [2.45, 2.75) is 52.7 Å². The largest absolute Gasteiger partial charge is 0.507 e. The number of nitrogens with one attached hydrogen (secondary N) is 2. The molecule has 0 saturated heterocycles. The second kappa shape index (κ2) is 8.43. The quantitative estimate of drug-likeness (QED) is 0.609. The second-order valence-corrected chi connectivity index (χ2v) is 8.53. The highest BCUT2D eigenvalue weighted by Gasteiger charge is 2.20. The topological polar surface area (TPSA) is 96.9 Å². The molecule has 0 aliphatic rings. The number of anilines is 2. The van der Waals surface area contributed by atoms with Gasteiger partial charge in [-0.05, 0) is 65.3 Å². The van der Waals surface area contributed by atoms with E-state index in [1.807, 2.05) is 0 Å². The lowest BCUT2D eigenvalue weighted by atomic mass is 10.0. The summed E-state index contributed by atoms with van der Waals surface area (Å²) in [5, 5.41) is 15.4. The molecule has 3 N–H and O–H groups in total. The minimum absolute atomic E-state index is 0.101. The number of benzene rings is 2. The Morgan fingerprint density at radius 1 is 0.793 bits per heavy atom. The molecule has 29 heavy (non-hydrogen) atoms. The van der Waals surface area contributed by atoms with Crippen molar-refractivity contribution in [2.75, 3.05) is 10.6 Å². The number of carbonyl (C=O) groups is 2. The molecular formula is C22H28N2O5. The number of hydrogen-bond donors (Lipinski definition) is 3. The van der Waals surface area contributed by atoms with E-state index in [9.17, 15) is 14.7 Å². The van der Waals surface area contributed by atoms with Gasteiger partial charge < -0.3 is 14.6 Å². The van der Waals surface area contributed by atoms with Gasteiger partial charge in [0.15, 0.2) is 0 Å². The first-order chi connectivity index (χ1) is 13.3. The summed E-state index contributed by atoms with van der Waals surface area (Å²) in [6.45, 7) is 10.5. The van der Waals surface area contributed by atoms with E-state index < -0.39 is 23.4 Å². The lowest BCUT2D eigenvalue weighted by Crippen LogP contribution is -2.29. The lowest BCUT2D eigenvalue weighted by Gasteiger charge is -2.22. The first-order valence-corrected chi connectivity index (χ1v) is 9.26. The van der Waals surface area contributed by atoms with E-state index >= 15 is 0 Å². The third-order valence-corrected chi connectivity index (χ3v) is 3.51. The van der Waals surface area contributed by atoms with E-state index in [0.717, 1.165) is 0 Å². The Morgan fingerprint density at radius 2 is 1.31 bits per heavy atom. The van der Waals surface area contributed by atoms with Crippen LogP contribution < -0.4 is 10.6 Å². The van der Waals surface area contributed by atoms with Crippen LogP contribution in [0.2, 0.25) is 0 Å². The standard InChI is InChI=1S/C22H28N2O5/c1-21(2,3)28-19(26)23-16-12-11-14(15-9-7-8-10-18(15)25)13-17(16)24-20(27)29-22(4,5)6/h7-13,25H,1-6H3,(H,23,26)(H,24,27). The third kappa shape index (κ3) is 7.03. The zero-order valence-corrected chi connectivity index (χ0v) is 17.6. The summed E-state index contributed by atoms with van der Waals surface area (Å²) < 4.78 is 10.6. The number of para-hydroxylation sites is 1. The molecular weight excluding hydrogens is 372 g/mol. The number of ether oxygens (including phenoxy) is 2. The lowest BCUT2D eigenvalue weighted by molar-refractivity contribution is 0.0621. The molecule has 2 amide bonds. The molecule has 2 aromatic carbocycles. The van der Waals surface area contributed by atoms with Crippen molar-refractivity contribution < 1.29 is 24.2 Å². The molecule has 0 bridgehead atoms. The van der Waals surface area contributed by atoms with E-state index in [1.54, 1.807) is 84.0 Å². The highest BCUT2D eigenvalue weighted by Crippen LogP contribution is 2.34. The van der Waals surface area contributed by atoms with Gasteiger partial charge in [-0.15, -0.1) is 0 Å². The molecule has 0 atom stereocenters. The number of amides is 2. The molecule has 2 rings (SSSR count). The maximum atomic E-state index is 12.3. The summed E-state index contributed by atoms with van der Waals surface area (Å²) in [6.07, 6.45) is -1.32. The van der Waals surface area contributed by atoms with Gasteiger partial charge in [-0.25, -0.2) is 9.59 Å². The molecule has 0 spiro atoms. The summed E-state index contributed by atoms with van der Waals surface area (Å²) in [5.74, 6) is 0.101. The Kier molecular flexibility index (Phi) is 6.41. The van der Waals surface area contributed by atoms with Gasteiger partial charge in [0.25, 0.3) is 0 Å². The number of hydrogen-bond acceptors (Lipinski definition) is 5. The van der Waals surface area contributed by atoms with Gasteiger partial charge in [0.05, 0.1) is 11.4 Å². The molecule has 0 aliphatic carbocycles. The first-order valence-electron chi connectivity index (χ1n) is 9.26. The molecule has 0 unspecified atom stereocenters. The Hall–Kier alpha value is -3.22. The molecule has 0 heterocycles. The van der Waals surface area contributed by atoms with Crippen molar-refractivity contribution in [3.63, 3.8) is 0 Å². The zero-order chi connectivity index (χ0) is 21.8. The van der Waals surface area contributed by atoms with Crippen LogP contribution in [-0.2, 0) is 9.47 Å². The molecule has 156 valence electrons. The maximum Gasteiger partial charge on any atom is 0.412 e. The predicted molar refractivity (Wildman–Crippen MR) is 113 cm³/mol. The summed E-state index contributed by atoms with van der Waals surface area (Å²) in [7, 11) is 0. The fourth-order valence-electron chi connectivity index (χ4n) is 2.47. The average Bonchev–Trinajstić information content (AvgIpc) is 2.53. The zero-order valence-electron chi connectivity index (χ0n) is 17.6. The van der Waals surface area contributed by atoms with Crippen LogP contribution in [0.25, 0.3) is 11.1 Å². The SMILES string of the molecule is CC(C)(C)OC(=O)Nc1ccc(-c2ccccc2O)cc1NC(=O)OC(C)(C)C. The number of carbonyl (C=O) groups excluding carboxylic acids is 2. The smallest absolute Gasteiger partial charge is 0.412 e. The van der Waals surface area contributed by atoms with Crippen molar-refractivity contribution in [3.05, 3.63) is 42.5 Å². The monoisotopic (exact) mass is 400 g/mol. The Balaban J connectivity index is 2.37. The van der Waals surface area contributed by atoms with Gasteiger partial charge in [0.2, 0.25) is 0 Å². The number of rotatable bonds is 3. The van der Waals surface area contributed by atoms with Gasteiger partial charge in [0.1, 0.15) is 17.0 Å². The van der Waals surface area contributed by atoms with Crippen LogP contribution >= 0.6 is 0 Å². The second-order valence-electron chi connectivity index (χ2n) is 8.53. The minimum atomic E-state index is -0.682. The molecule has 0 aromatic heterocycles. The van der Waals surface area contributed by atoms with E-state index in [0.29, 0.717) is 22.5 Å². The predicted octanol–water partition coefficient (Wildman–Crippen LogP) is 5.75. The van der Waals surface area contributed by atoms with Crippen LogP contribution in [0.1, 0.15) is 41.5 Å². The number of phenols is 1. The summed E-state index contributed by atoms with van der Waals surface area (Å²) >= 11 is 0. The van der Waals surface area contributed by atoms with Crippen molar-refractivity contribution in [1.29, 1.82) is 0 Å². The fraction of sp³-hybridized carbons (Fsp3) is 0.364. The van der Waals surface area contributed by atoms with Gasteiger partial charge in [-0.3, -0.25) is 10.6 Å². The van der Waals surface area contributed by atoms with Crippen LogP contribution in [0, 0.1) is 0 Å². The number of phenolic OH excluding ortho intramolecular Hbond substituents is 1. The van der Waals surface area contributed by atoms with Crippen LogP contribution in [0.3, 0.4) is 0 Å². The van der Waals surface area contributed by atoms with Gasteiger partial charge in [-0.2, -0.15) is 0 Å². The third-order valence-electron chi connectivity index (χ3n) is 3.51. The van der Waals surface area contributed by atoms with E-state index in [-0.39, 0.29) is 5.75 Å². The highest BCUT2D eigenvalue weighted by molar-refractivity contribution is 5.97. The van der Waals surface area contributed by atoms with Crippen LogP contribution in [0.5, 0.6) is 5.75 Å². The van der Waals surface area contributed by atoms with E-state index in [2.05, 4.69) is 10.6 Å². The summed E-state index contributed by atoms with van der Waals surface area (Å²) in [6, 6.07) is 11.8. The van der Waals surface area contributed by atoms with Crippen molar-refractivity contribution >= 4 is 23.6 Å². The summed E-state index contributed by atoms with van der Waals surface area (Å²) in [4.78, 5) is 24.5. The van der Waals surface area contributed by atoms with Gasteiger partial charge in [-0.1, -0.05) is 24.3 Å². The normalized spacial score (nSPS) is 11.5. The first kappa shape index (κ1) is 22.1. The molecule has 0 aliphatic heterocycles. The van der Waals surface area contributed by atoms with Crippen molar-refractivity contribution in [1.82, 2.24) is 0 Å². The van der Waals surface area contributed by atoms with Crippen LogP contribution in [-0.4, -0.2) is 28.5 Å². The molecule has 0 fully saturated rings. The maximum absolute atomic E-state index is 12.3. The van der Waals surface area contributed by atoms with Gasteiger partial charge in [0, 0.05) is 5.56 Å². The minimum Gasteiger partial charge on any atom is -0.507 e. The fourth-order valence-corrected chi connectivity index (χ4v) is 2.47. The molecule has 0 saturated carbocycles. The van der Waals surface area contributed by atoms with Crippen molar-refractivity contribution in [2.24, 2.45) is 0 Å². The van der Waals surface area contributed by atoms with E-state index in [1.165, 1.54) is 0 Å². The molecule has 2 aromatic rings. The molecule has 7 nitrogen and oxygen atoms in total. The Labute approximate surface area is 171 Å². The summed E-state index contributed by atoms with van der Waals surface area (Å²) in [5.41, 5.74) is 0.541. The highest BCUT2D eigenvalue weighted by atomic mass is 16.6. The number of aromatic hydroxyl groups is 1. The molecule has 7 heteroatoms. The van der Waals surface area contributed by atoms with Crippen LogP contribution in [0.4, 0.5) is 21.0 Å². The van der Waals surface area contributed by atoms with Crippen molar-refractivity contribution in [3.8, 4) is 16.9 Å². The van der Waals surface area contributed by atoms with Gasteiger partial charge >= 0.3 is 12.2 Å². The van der Waals surface area contributed by atoms with E-state index in [4.69, 9.17) is 9.47 Å². The molecule has 0 radical (unpaired) electrons. The average molecular weight is 400 g/mol. The van der Waals surface area contributed by atoms with Crippen LogP contribution in [0.15, 0.2) is 42.5 Å².